The number of aromatic nitrogens is 1. The molecule has 0 unspecified atom stereocenters. The van der Waals surface area contributed by atoms with E-state index in [9.17, 15) is 33.4 Å². The molecule has 9 nitrogen and oxygen atoms in total. The third-order valence-electron chi connectivity index (χ3n) is 6.12. The smallest absolute Gasteiger partial charge is 0.273 e. The number of carbonyl (C=O) groups excluding carboxylic acids is 2. The number of benzene rings is 2. The molecule has 2 amide bonds. The topological polar surface area (TPSA) is 112 Å². The van der Waals surface area contributed by atoms with Gasteiger partial charge in [-0.15, -0.1) is 0 Å². The number of nitrogens with zero attached hydrogens (tertiary/aromatic N) is 3. The van der Waals surface area contributed by atoms with Crippen molar-refractivity contribution in [3.8, 4) is 5.75 Å². The standard InChI is InChI=1S/C27H26ClF2N3O6/c1-27(2,38)26(37)33-15-32(23(35)8-10-34)21-11-16(3-6-20(21)33)13-31-9-7-22(24(28)25(31)36)39-14-17-4-5-18(29)12-19(17)30/h3-7,9,11-12,34,38H,8,10,13-15H2,1-2H3. The first-order valence-electron chi connectivity index (χ1n) is 11.9. The fourth-order valence-electron chi connectivity index (χ4n) is 4.11. The number of amides is 2. The predicted molar refractivity (Wildman–Crippen MR) is 140 cm³/mol. The SMILES string of the molecule is CC(C)(O)C(=O)N1CN(C(=O)CCO)c2cc(Cn3ccc(OCc4ccc(F)cc4F)c(Cl)c3=O)ccc21. The van der Waals surface area contributed by atoms with Gasteiger partial charge in [0.25, 0.3) is 11.5 Å². The third kappa shape index (κ3) is 5.95. The molecule has 0 fully saturated rings. The molecule has 2 N–H and O–H groups in total. The van der Waals surface area contributed by atoms with Gasteiger partial charge in [-0.25, -0.2) is 8.78 Å². The van der Waals surface area contributed by atoms with Crippen LogP contribution in [0, 0.1) is 11.6 Å². The van der Waals surface area contributed by atoms with E-state index in [0.717, 1.165) is 12.1 Å². The van der Waals surface area contributed by atoms with E-state index in [-0.39, 0.29) is 49.2 Å². The maximum absolute atomic E-state index is 13.9. The maximum atomic E-state index is 13.9. The summed E-state index contributed by atoms with van der Waals surface area (Å²) in [7, 11) is 0. The van der Waals surface area contributed by atoms with Crippen LogP contribution >= 0.6 is 11.6 Å². The van der Waals surface area contributed by atoms with Crippen LogP contribution in [0.2, 0.25) is 5.02 Å². The molecule has 1 aliphatic heterocycles. The van der Waals surface area contributed by atoms with Crippen LogP contribution in [0.15, 0.2) is 53.5 Å². The summed E-state index contributed by atoms with van der Waals surface area (Å²) in [5, 5.41) is 19.2. The molecule has 0 saturated heterocycles. The van der Waals surface area contributed by atoms with Crippen molar-refractivity contribution in [2.75, 3.05) is 23.1 Å². The predicted octanol–water partition coefficient (Wildman–Crippen LogP) is 3.20. The number of fused-ring (bicyclic) bond motifs is 1. The van der Waals surface area contributed by atoms with Gasteiger partial charge >= 0.3 is 0 Å². The minimum atomic E-state index is -1.68. The molecular formula is C27H26ClF2N3O6. The van der Waals surface area contributed by atoms with Gasteiger partial charge in [0, 0.05) is 17.8 Å². The van der Waals surface area contributed by atoms with Gasteiger partial charge in [-0.2, -0.15) is 0 Å². The zero-order chi connectivity index (χ0) is 28.5. The lowest BCUT2D eigenvalue weighted by Gasteiger charge is -2.25. The molecule has 0 bridgehead atoms. The highest BCUT2D eigenvalue weighted by molar-refractivity contribution is 6.31. The van der Waals surface area contributed by atoms with Crippen molar-refractivity contribution in [3.05, 3.63) is 86.8 Å². The second-order valence-electron chi connectivity index (χ2n) is 9.50. The van der Waals surface area contributed by atoms with Gasteiger partial charge in [-0.1, -0.05) is 17.7 Å². The highest BCUT2D eigenvalue weighted by Crippen LogP contribution is 2.38. The van der Waals surface area contributed by atoms with Crippen LogP contribution in [-0.4, -0.2) is 45.5 Å². The third-order valence-corrected chi connectivity index (χ3v) is 6.47. The van der Waals surface area contributed by atoms with Crippen LogP contribution < -0.4 is 20.1 Å². The summed E-state index contributed by atoms with van der Waals surface area (Å²) < 4.78 is 33.8. The molecule has 3 aromatic rings. The van der Waals surface area contributed by atoms with Crippen LogP contribution in [0.1, 0.15) is 31.4 Å². The molecule has 0 radical (unpaired) electrons. The quantitative estimate of drug-likeness (QED) is 0.437. The molecular weight excluding hydrogens is 536 g/mol. The number of pyridine rings is 1. The van der Waals surface area contributed by atoms with E-state index < -0.39 is 34.6 Å². The van der Waals surface area contributed by atoms with Crippen LogP contribution in [0.4, 0.5) is 20.2 Å². The summed E-state index contributed by atoms with van der Waals surface area (Å²) in [4.78, 5) is 41.0. The monoisotopic (exact) mass is 561 g/mol. The lowest BCUT2D eigenvalue weighted by atomic mass is 10.1. The molecule has 206 valence electrons. The van der Waals surface area contributed by atoms with Crippen LogP contribution in [-0.2, 0) is 22.7 Å². The maximum Gasteiger partial charge on any atom is 0.273 e. The van der Waals surface area contributed by atoms with Crippen molar-refractivity contribution < 1.29 is 33.3 Å². The van der Waals surface area contributed by atoms with Gasteiger partial charge < -0.3 is 19.5 Å². The number of rotatable bonds is 8. The van der Waals surface area contributed by atoms with Crippen LogP contribution in [0.25, 0.3) is 0 Å². The van der Waals surface area contributed by atoms with Gasteiger partial charge in [0.15, 0.2) is 0 Å². The van der Waals surface area contributed by atoms with Gasteiger partial charge in [-0.3, -0.25) is 24.2 Å². The Kier molecular flexibility index (Phi) is 8.05. The van der Waals surface area contributed by atoms with Gasteiger partial charge in [0.1, 0.15) is 41.3 Å². The van der Waals surface area contributed by atoms with E-state index >= 15 is 0 Å². The number of ether oxygens (including phenoxy) is 1. The minimum Gasteiger partial charge on any atom is -0.487 e. The summed E-state index contributed by atoms with van der Waals surface area (Å²) in [6.07, 6.45) is 1.28. The zero-order valence-corrected chi connectivity index (χ0v) is 21.9. The van der Waals surface area contributed by atoms with E-state index in [1.54, 1.807) is 18.2 Å². The lowest BCUT2D eigenvalue weighted by Crippen LogP contribution is -2.47. The van der Waals surface area contributed by atoms with Crippen molar-refractivity contribution in [2.45, 2.75) is 39.0 Å². The van der Waals surface area contributed by atoms with E-state index in [0.29, 0.717) is 16.9 Å². The van der Waals surface area contributed by atoms with Crippen LogP contribution in [0.5, 0.6) is 5.75 Å². The first-order valence-corrected chi connectivity index (χ1v) is 12.3. The average Bonchev–Trinajstić information content (AvgIpc) is 3.25. The average molecular weight is 562 g/mol. The number of hydrogen-bond acceptors (Lipinski definition) is 6. The van der Waals surface area contributed by atoms with Gasteiger partial charge in [0.2, 0.25) is 5.91 Å². The zero-order valence-electron chi connectivity index (χ0n) is 21.2. The van der Waals surface area contributed by atoms with E-state index in [1.807, 2.05) is 0 Å². The number of halogens is 3. The number of aliphatic hydroxyl groups excluding tert-OH is 1. The first-order chi connectivity index (χ1) is 18.4. The Morgan fingerprint density at radius 3 is 2.49 bits per heavy atom. The summed E-state index contributed by atoms with van der Waals surface area (Å²) >= 11 is 6.23. The summed E-state index contributed by atoms with van der Waals surface area (Å²) in [5.41, 5.74) is -0.771. The fourth-order valence-corrected chi connectivity index (χ4v) is 4.34. The lowest BCUT2D eigenvalue weighted by molar-refractivity contribution is -0.133. The summed E-state index contributed by atoms with van der Waals surface area (Å²) in [6.45, 7) is 1.98. The first kappa shape index (κ1) is 28.2. The van der Waals surface area contributed by atoms with Gasteiger partial charge in [0.05, 0.1) is 30.9 Å². The molecule has 1 aliphatic rings. The van der Waals surface area contributed by atoms with Gasteiger partial charge in [-0.05, 0) is 49.7 Å². The molecule has 1 aromatic heterocycles. The highest BCUT2D eigenvalue weighted by Gasteiger charge is 2.39. The summed E-state index contributed by atoms with van der Waals surface area (Å²) in [6, 6.07) is 9.43. The molecule has 39 heavy (non-hydrogen) atoms. The summed E-state index contributed by atoms with van der Waals surface area (Å²) in [5.74, 6) is -2.50. The molecule has 0 spiro atoms. The Morgan fingerprint density at radius 1 is 1.08 bits per heavy atom. The van der Waals surface area contributed by atoms with Crippen molar-refractivity contribution in [3.63, 3.8) is 0 Å². The Balaban J connectivity index is 1.58. The van der Waals surface area contributed by atoms with Crippen molar-refractivity contribution in [1.29, 1.82) is 0 Å². The van der Waals surface area contributed by atoms with Crippen molar-refractivity contribution in [1.82, 2.24) is 4.57 Å². The Morgan fingerprint density at radius 2 is 1.82 bits per heavy atom. The number of aliphatic hydroxyl groups is 2. The Labute approximate surface area is 227 Å². The number of carbonyl (C=O) groups is 2. The second kappa shape index (κ2) is 11.1. The highest BCUT2D eigenvalue weighted by atomic mass is 35.5. The van der Waals surface area contributed by atoms with E-state index in [1.165, 1.54) is 46.5 Å². The van der Waals surface area contributed by atoms with E-state index in [2.05, 4.69) is 0 Å². The Bertz CT molecular complexity index is 1490. The largest absolute Gasteiger partial charge is 0.487 e. The molecule has 4 rings (SSSR count). The minimum absolute atomic E-state index is 0.0251. The second-order valence-corrected chi connectivity index (χ2v) is 9.88. The fraction of sp³-hybridized carbons (Fsp3) is 0.296. The van der Waals surface area contributed by atoms with Crippen molar-refractivity contribution >= 4 is 34.8 Å². The van der Waals surface area contributed by atoms with Crippen molar-refractivity contribution in [2.24, 2.45) is 0 Å². The normalized spacial score (nSPS) is 13.0. The molecule has 0 saturated carbocycles. The molecule has 2 aromatic carbocycles. The van der Waals surface area contributed by atoms with Crippen LogP contribution in [0.3, 0.4) is 0 Å². The molecule has 12 heteroatoms. The molecule has 2 heterocycles. The van der Waals surface area contributed by atoms with E-state index in [4.69, 9.17) is 16.3 Å². The molecule has 0 atom stereocenters. The number of anilines is 2. The Hall–Kier alpha value is -3.80. The number of hydrogen-bond donors (Lipinski definition) is 2. The molecule has 0 aliphatic carbocycles.